The fourth-order valence-corrected chi connectivity index (χ4v) is 3.61. The molecule has 0 amide bonds. The van der Waals surface area contributed by atoms with Crippen LogP contribution in [-0.4, -0.2) is 32.6 Å². The van der Waals surface area contributed by atoms with Crippen LogP contribution in [0, 0.1) is 12.8 Å². The number of aryl methyl sites for hydroxylation is 1. The molecule has 1 aromatic carbocycles. The lowest BCUT2D eigenvalue weighted by molar-refractivity contribution is 0.185. The van der Waals surface area contributed by atoms with Crippen LogP contribution >= 0.6 is 0 Å². The van der Waals surface area contributed by atoms with Crippen molar-refractivity contribution in [2.24, 2.45) is 5.92 Å². The molecule has 1 aliphatic rings. The third kappa shape index (κ3) is 3.88. The zero-order valence-electron chi connectivity index (χ0n) is 15.7. The van der Waals surface area contributed by atoms with Gasteiger partial charge in [-0.15, -0.1) is 0 Å². The molecule has 1 N–H and O–H groups in total. The van der Waals surface area contributed by atoms with Gasteiger partial charge in [-0.05, 0) is 56.0 Å². The van der Waals surface area contributed by atoms with Crippen LogP contribution < -0.4 is 5.32 Å². The molecule has 0 atom stereocenters. The van der Waals surface area contributed by atoms with Crippen LogP contribution in [0.5, 0.6) is 0 Å². The first-order valence-corrected chi connectivity index (χ1v) is 9.52. The van der Waals surface area contributed by atoms with Gasteiger partial charge in [-0.3, -0.25) is 4.90 Å². The lowest BCUT2D eigenvalue weighted by Crippen LogP contribution is -2.32. The van der Waals surface area contributed by atoms with E-state index in [0.29, 0.717) is 0 Å². The van der Waals surface area contributed by atoms with Crippen LogP contribution in [-0.2, 0) is 13.1 Å². The molecule has 136 valence electrons. The Morgan fingerprint density at radius 2 is 1.85 bits per heavy atom. The average Bonchev–Trinajstić information content (AvgIpc) is 3.04. The molecule has 0 bridgehead atoms. The highest BCUT2D eigenvalue weighted by Gasteiger charge is 2.15. The molecule has 0 aliphatic carbocycles. The Kier molecular flexibility index (Phi) is 4.89. The molecule has 1 aliphatic heterocycles. The maximum Gasteiger partial charge on any atom is 0.152 e. The number of benzene rings is 1. The van der Waals surface area contributed by atoms with E-state index in [2.05, 4.69) is 57.6 Å². The predicted molar refractivity (Wildman–Crippen MR) is 105 cm³/mol. The maximum atomic E-state index is 4.46. The highest BCUT2D eigenvalue weighted by atomic mass is 15.2. The first kappa shape index (κ1) is 17.0. The zero-order chi connectivity index (χ0) is 17.9. The van der Waals surface area contributed by atoms with Gasteiger partial charge in [0.05, 0.1) is 5.69 Å². The molecule has 3 aromatic rings. The zero-order valence-corrected chi connectivity index (χ0v) is 15.7. The molecule has 5 nitrogen and oxygen atoms in total. The Morgan fingerprint density at radius 1 is 1.12 bits per heavy atom. The lowest BCUT2D eigenvalue weighted by atomic mass is 9.99. The second kappa shape index (κ2) is 7.46. The molecular formula is C21H27N5. The molecule has 0 spiro atoms. The van der Waals surface area contributed by atoms with Gasteiger partial charge in [-0.2, -0.15) is 5.10 Å². The Morgan fingerprint density at radius 3 is 2.62 bits per heavy atom. The van der Waals surface area contributed by atoms with Crippen molar-refractivity contribution in [1.29, 1.82) is 0 Å². The van der Waals surface area contributed by atoms with Crippen LogP contribution in [0.4, 0.5) is 5.82 Å². The van der Waals surface area contributed by atoms with E-state index in [1.807, 2.05) is 17.6 Å². The molecule has 5 heteroatoms. The van der Waals surface area contributed by atoms with Crippen molar-refractivity contribution >= 4 is 11.3 Å². The summed E-state index contributed by atoms with van der Waals surface area (Å²) >= 11 is 0. The number of hydrogen-bond donors (Lipinski definition) is 1. The summed E-state index contributed by atoms with van der Waals surface area (Å²) in [5, 5.41) is 7.87. The number of fused-ring (bicyclic) bond motifs is 1. The van der Waals surface area contributed by atoms with Crippen molar-refractivity contribution in [3.8, 4) is 0 Å². The van der Waals surface area contributed by atoms with Crippen LogP contribution in [0.25, 0.3) is 5.52 Å². The number of anilines is 1. The fraction of sp³-hybridized carbons (Fsp3) is 0.429. The molecule has 0 saturated carbocycles. The number of hydrogen-bond acceptors (Lipinski definition) is 4. The second-order valence-corrected chi connectivity index (χ2v) is 7.52. The summed E-state index contributed by atoms with van der Waals surface area (Å²) < 4.78 is 1.87. The minimum atomic E-state index is 0.762. The number of nitrogens with one attached hydrogen (secondary N) is 1. The largest absolute Gasteiger partial charge is 0.364 e. The predicted octanol–water partition coefficient (Wildman–Crippen LogP) is 3.88. The highest BCUT2D eigenvalue weighted by Crippen LogP contribution is 2.19. The fourth-order valence-electron chi connectivity index (χ4n) is 3.61. The van der Waals surface area contributed by atoms with E-state index in [1.165, 1.54) is 37.1 Å². The van der Waals surface area contributed by atoms with Crippen LogP contribution in [0.1, 0.15) is 36.6 Å². The number of nitrogens with zero attached hydrogens (tertiary/aromatic N) is 4. The van der Waals surface area contributed by atoms with Gasteiger partial charge in [0.25, 0.3) is 0 Å². The molecule has 4 rings (SSSR count). The second-order valence-electron chi connectivity index (χ2n) is 7.52. The lowest BCUT2D eigenvalue weighted by Gasteiger charge is -2.30. The van der Waals surface area contributed by atoms with Crippen LogP contribution in [0.3, 0.4) is 0 Å². The summed E-state index contributed by atoms with van der Waals surface area (Å²) in [6.45, 7) is 8.64. The van der Waals surface area contributed by atoms with E-state index in [0.717, 1.165) is 36.0 Å². The molecule has 3 heterocycles. The Labute approximate surface area is 155 Å². The molecule has 0 unspecified atom stereocenters. The van der Waals surface area contributed by atoms with Gasteiger partial charge in [0, 0.05) is 25.5 Å². The topological polar surface area (TPSA) is 45.5 Å². The normalized spacial score (nSPS) is 16.2. The van der Waals surface area contributed by atoms with Crippen LogP contribution in [0.2, 0.25) is 0 Å². The van der Waals surface area contributed by atoms with Crippen molar-refractivity contribution in [2.45, 2.75) is 39.8 Å². The van der Waals surface area contributed by atoms with Gasteiger partial charge >= 0.3 is 0 Å². The molecule has 1 fully saturated rings. The van der Waals surface area contributed by atoms with Crippen molar-refractivity contribution < 1.29 is 0 Å². The summed E-state index contributed by atoms with van der Waals surface area (Å²) in [5.41, 5.74) is 4.68. The number of rotatable bonds is 5. The van der Waals surface area contributed by atoms with Gasteiger partial charge in [0.15, 0.2) is 5.82 Å². The summed E-state index contributed by atoms with van der Waals surface area (Å²) in [5.74, 6) is 1.76. The Balaban J connectivity index is 1.36. The summed E-state index contributed by atoms with van der Waals surface area (Å²) in [6.07, 6.45) is 6.32. The van der Waals surface area contributed by atoms with E-state index in [1.54, 1.807) is 6.20 Å². The summed E-state index contributed by atoms with van der Waals surface area (Å²) in [7, 11) is 0. The minimum absolute atomic E-state index is 0.762. The minimum Gasteiger partial charge on any atom is -0.364 e. The van der Waals surface area contributed by atoms with E-state index in [9.17, 15) is 0 Å². The quantitative estimate of drug-likeness (QED) is 0.759. The van der Waals surface area contributed by atoms with Gasteiger partial charge in [0.1, 0.15) is 5.52 Å². The van der Waals surface area contributed by atoms with Gasteiger partial charge < -0.3 is 5.32 Å². The molecular weight excluding hydrogens is 322 g/mol. The van der Waals surface area contributed by atoms with Gasteiger partial charge in [0.2, 0.25) is 0 Å². The number of piperidine rings is 1. The van der Waals surface area contributed by atoms with E-state index >= 15 is 0 Å². The van der Waals surface area contributed by atoms with Crippen molar-refractivity contribution in [3.05, 3.63) is 59.5 Å². The van der Waals surface area contributed by atoms with Gasteiger partial charge in [-0.1, -0.05) is 31.2 Å². The average molecular weight is 349 g/mol. The number of aromatic nitrogens is 3. The van der Waals surface area contributed by atoms with Crippen molar-refractivity contribution in [2.75, 3.05) is 18.4 Å². The Bertz CT molecular complexity index is 860. The first-order valence-electron chi connectivity index (χ1n) is 9.52. The summed E-state index contributed by atoms with van der Waals surface area (Å²) in [4.78, 5) is 7.03. The van der Waals surface area contributed by atoms with E-state index < -0.39 is 0 Å². The van der Waals surface area contributed by atoms with E-state index in [4.69, 9.17) is 0 Å². The van der Waals surface area contributed by atoms with Gasteiger partial charge in [-0.25, -0.2) is 9.50 Å². The third-order valence-electron chi connectivity index (χ3n) is 5.28. The smallest absolute Gasteiger partial charge is 0.152 e. The molecule has 1 saturated heterocycles. The molecule has 26 heavy (non-hydrogen) atoms. The third-order valence-corrected chi connectivity index (χ3v) is 5.28. The van der Waals surface area contributed by atoms with E-state index in [-0.39, 0.29) is 0 Å². The maximum absolute atomic E-state index is 4.46. The number of likely N-dealkylation sites (tertiary alicyclic amines) is 1. The summed E-state index contributed by atoms with van der Waals surface area (Å²) in [6, 6.07) is 11.0. The SMILES string of the molecule is Cc1cc2c(NCc3ccc(CN4CCC(C)CC4)cc3)nccn2n1. The monoisotopic (exact) mass is 349 g/mol. The van der Waals surface area contributed by atoms with Crippen LogP contribution in [0.15, 0.2) is 42.7 Å². The molecule has 0 radical (unpaired) electrons. The molecule has 2 aromatic heterocycles. The standard InChI is InChI=1S/C21H27N5/c1-16-7-10-25(11-8-16)15-19-5-3-18(4-6-19)14-23-21-20-13-17(2)24-26(20)12-9-22-21/h3-6,9,12-13,16H,7-8,10-11,14-15H2,1-2H3,(H,22,23). The Hall–Kier alpha value is -2.40. The van der Waals surface area contributed by atoms with Crippen molar-refractivity contribution in [1.82, 2.24) is 19.5 Å². The highest BCUT2D eigenvalue weighted by molar-refractivity contribution is 5.67. The first-order chi connectivity index (χ1) is 12.7. The van der Waals surface area contributed by atoms with Crippen molar-refractivity contribution in [3.63, 3.8) is 0 Å².